The van der Waals surface area contributed by atoms with Crippen LogP contribution in [0, 0.1) is 0 Å². The van der Waals surface area contributed by atoms with Gasteiger partial charge in [0.2, 0.25) is 0 Å². The molecule has 0 unspecified atom stereocenters. The normalized spacial score (nSPS) is 12.4. The van der Waals surface area contributed by atoms with Gasteiger partial charge in [-0.05, 0) is 0 Å². The molecule has 0 aliphatic heterocycles. The third-order valence-corrected chi connectivity index (χ3v) is 0.877. The molecule has 0 saturated heterocycles. The monoisotopic (exact) mass is 161 g/mol. The van der Waals surface area contributed by atoms with Crippen LogP contribution >= 0.6 is 0 Å². The zero-order valence-electron chi connectivity index (χ0n) is 3.31. The van der Waals surface area contributed by atoms with Crippen molar-refractivity contribution in [1.29, 1.82) is 0 Å². The van der Waals surface area contributed by atoms with E-state index in [0.29, 0.717) is 0 Å². The molecule has 0 fully saturated rings. The van der Waals surface area contributed by atoms with E-state index in [9.17, 15) is 13.2 Å². The molecule has 3 nitrogen and oxygen atoms in total. The summed E-state index contributed by atoms with van der Waals surface area (Å²) < 4.78 is 57.5. The minimum atomic E-state index is -5.84. The van der Waals surface area contributed by atoms with Crippen molar-refractivity contribution < 1.29 is 26.1 Å². The SMILES string of the molecule is O=S(=O)(O)C(F)(F)F.[BeH2]. The van der Waals surface area contributed by atoms with Crippen LogP contribution in [0.5, 0.6) is 0 Å². The molecule has 0 rings (SSSR count). The van der Waals surface area contributed by atoms with Gasteiger partial charge in [0, 0.05) is 0 Å². The van der Waals surface area contributed by atoms with Crippen molar-refractivity contribution >= 4 is 20.2 Å². The van der Waals surface area contributed by atoms with Crippen LogP contribution in [0.1, 0.15) is 0 Å². The van der Waals surface area contributed by atoms with Crippen molar-refractivity contribution in [3.63, 3.8) is 0 Å². The minimum absolute atomic E-state index is 0. The second kappa shape index (κ2) is 2.64. The molecule has 0 atom stereocenters. The molecule has 0 aliphatic rings. The van der Waals surface area contributed by atoms with E-state index in [1.165, 1.54) is 0 Å². The van der Waals surface area contributed by atoms with Crippen molar-refractivity contribution in [1.82, 2.24) is 0 Å². The zero-order chi connectivity index (χ0) is 7.00. The number of halogens is 3. The number of alkyl halides is 3. The summed E-state index contributed by atoms with van der Waals surface area (Å²) in [7, 11) is -5.84. The molecule has 0 aromatic carbocycles. The molecular weight excluding hydrogens is 158 g/mol. The average Bonchev–Trinajstić information content (AvgIpc) is 1.25. The molecular formula is CH3BeF3O3S. The molecule has 54 valence electrons. The summed E-state index contributed by atoms with van der Waals surface area (Å²) in [4.78, 5) is 0. The van der Waals surface area contributed by atoms with Crippen LogP contribution < -0.4 is 0 Å². The molecule has 8 heteroatoms. The van der Waals surface area contributed by atoms with Gasteiger partial charge >= 0.3 is 25.7 Å². The second-order valence-electron chi connectivity index (χ2n) is 0.921. The van der Waals surface area contributed by atoms with Crippen LogP contribution in [0.25, 0.3) is 0 Å². The van der Waals surface area contributed by atoms with Gasteiger partial charge in [-0.1, -0.05) is 0 Å². The molecule has 0 aliphatic carbocycles. The Morgan fingerprint density at radius 3 is 1.33 bits per heavy atom. The molecule has 9 heavy (non-hydrogen) atoms. The Hall–Kier alpha value is -0.131. The Morgan fingerprint density at radius 1 is 1.22 bits per heavy atom. The Bertz CT molecular complexity index is 168. The van der Waals surface area contributed by atoms with Crippen molar-refractivity contribution in [3.05, 3.63) is 0 Å². The third-order valence-electron chi connectivity index (χ3n) is 0.292. The summed E-state index contributed by atoms with van der Waals surface area (Å²) in [6, 6.07) is 0. The topological polar surface area (TPSA) is 54.4 Å². The van der Waals surface area contributed by atoms with Gasteiger partial charge in [0.1, 0.15) is 0 Å². The van der Waals surface area contributed by atoms with E-state index in [-0.39, 0.29) is 10.1 Å². The van der Waals surface area contributed by atoms with Crippen molar-refractivity contribution in [2.75, 3.05) is 0 Å². The standard InChI is InChI=1S/CHF3O3S.Be.2H/c2-1(3,4)8(5,6)7;;;/h(H,5,6,7);;;. The molecule has 0 saturated carbocycles. The Labute approximate surface area is 52.8 Å². The predicted octanol–water partition coefficient (Wildman–Crippen LogP) is -0.522. The maximum absolute atomic E-state index is 10.7. The Balaban J connectivity index is 0. The predicted molar refractivity (Wildman–Crippen MR) is 26.1 cm³/mol. The van der Waals surface area contributed by atoms with Gasteiger partial charge < -0.3 is 0 Å². The number of rotatable bonds is 0. The van der Waals surface area contributed by atoms with E-state index < -0.39 is 15.6 Å². The van der Waals surface area contributed by atoms with Crippen LogP contribution in [0.4, 0.5) is 13.2 Å². The first-order chi connectivity index (χ1) is 3.25. The van der Waals surface area contributed by atoms with Gasteiger partial charge in [0.25, 0.3) is 0 Å². The summed E-state index contributed by atoms with van der Waals surface area (Å²) in [5, 5.41) is 0. The van der Waals surface area contributed by atoms with Crippen LogP contribution in [-0.2, 0) is 10.1 Å². The van der Waals surface area contributed by atoms with E-state index in [1.807, 2.05) is 0 Å². The summed E-state index contributed by atoms with van der Waals surface area (Å²) in [6.07, 6.45) is 0. The van der Waals surface area contributed by atoms with Gasteiger partial charge in [-0.2, -0.15) is 21.6 Å². The average molecular weight is 161 g/mol. The van der Waals surface area contributed by atoms with Crippen LogP contribution in [-0.4, -0.2) is 28.6 Å². The first-order valence-corrected chi connectivity index (χ1v) is 2.73. The summed E-state index contributed by atoms with van der Waals surface area (Å²) >= 11 is 0. The molecule has 0 aromatic heterocycles. The zero-order valence-corrected chi connectivity index (χ0v) is 4.12. The molecule has 1 N–H and O–H groups in total. The number of hydrogen-bond donors (Lipinski definition) is 1. The van der Waals surface area contributed by atoms with E-state index >= 15 is 0 Å². The van der Waals surface area contributed by atoms with E-state index in [1.54, 1.807) is 0 Å². The van der Waals surface area contributed by atoms with Gasteiger partial charge in [0.05, 0.1) is 0 Å². The van der Waals surface area contributed by atoms with Crippen molar-refractivity contribution in [3.8, 4) is 0 Å². The van der Waals surface area contributed by atoms with E-state index in [2.05, 4.69) is 0 Å². The fourth-order valence-corrected chi connectivity index (χ4v) is 0. The first kappa shape index (κ1) is 11.6. The van der Waals surface area contributed by atoms with Crippen molar-refractivity contribution in [2.24, 2.45) is 0 Å². The summed E-state index contributed by atoms with van der Waals surface area (Å²) in [6.45, 7) is 0. The number of hydrogen-bond acceptors (Lipinski definition) is 2. The molecule has 0 bridgehead atoms. The summed E-state index contributed by atoms with van der Waals surface area (Å²) in [5.41, 5.74) is -5.53. The summed E-state index contributed by atoms with van der Waals surface area (Å²) in [5.74, 6) is 0. The van der Waals surface area contributed by atoms with Crippen LogP contribution in [0.15, 0.2) is 0 Å². The molecule has 0 amide bonds. The Kier molecular flexibility index (Phi) is 3.41. The third kappa shape index (κ3) is 3.45. The van der Waals surface area contributed by atoms with Gasteiger partial charge in [-0.15, -0.1) is 0 Å². The molecule has 0 aromatic rings. The molecule has 0 radical (unpaired) electrons. The van der Waals surface area contributed by atoms with E-state index in [0.717, 1.165) is 0 Å². The van der Waals surface area contributed by atoms with Gasteiger partial charge in [-0.25, -0.2) is 0 Å². The molecule has 0 spiro atoms. The Morgan fingerprint density at radius 2 is 1.33 bits per heavy atom. The van der Waals surface area contributed by atoms with Gasteiger partial charge in [0.15, 0.2) is 0 Å². The van der Waals surface area contributed by atoms with Crippen LogP contribution in [0.3, 0.4) is 0 Å². The first-order valence-electron chi connectivity index (χ1n) is 1.29. The second-order valence-corrected chi connectivity index (χ2v) is 2.33. The quantitative estimate of drug-likeness (QED) is 0.295. The van der Waals surface area contributed by atoms with Crippen molar-refractivity contribution in [2.45, 2.75) is 5.51 Å². The maximum atomic E-state index is 10.7. The van der Waals surface area contributed by atoms with E-state index in [4.69, 9.17) is 13.0 Å². The van der Waals surface area contributed by atoms with Gasteiger partial charge in [-0.3, -0.25) is 4.55 Å². The fourth-order valence-electron chi connectivity index (χ4n) is 0. The fraction of sp³-hybridized carbons (Fsp3) is 1.00. The van der Waals surface area contributed by atoms with Crippen LogP contribution in [0.2, 0.25) is 0 Å². The molecule has 0 heterocycles.